The molecule has 0 atom stereocenters. The summed E-state index contributed by atoms with van der Waals surface area (Å²) < 4.78 is 36.5. The molecular weight excluding hydrogens is 344 g/mol. The van der Waals surface area contributed by atoms with Crippen molar-refractivity contribution in [3.05, 3.63) is 77.9 Å². The number of aryl methyl sites for hydroxylation is 2. The minimum Gasteiger partial charge on any atom is -0.455 e. The van der Waals surface area contributed by atoms with E-state index in [1.807, 2.05) is 44.3 Å². The van der Waals surface area contributed by atoms with E-state index in [1.54, 1.807) is 6.07 Å². The number of pyridine rings is 1. The van der Waals surface area contributed by atoms with E-state index in [0.717, 1.165) is 27.7 Å². The van der Waals surface area contributed by atoms with Crippen LogP contribution in [-0.2, 0) is 7.05 Å². The van der Waals surface area contributed by atoms with E-state index in [0.29, 0.717) is 21.9 Å². The fraction of sp³-hybridized carbons (Fsp3) is 0.0870. The van der Waals surface area contributed by atoms with Gasteiger partial charge in [-0.25, -0.2) is 8.78 Å². The Bertz CT molecular complexity index is 1370. The Morgan fingerprint density at radius 3 is 2.59 bits per heavy atom. The number of benzene rings is 3. The van der Waals surface area contributed by atoms with E-state index in [9.17, 15) is 8.78 Å². The molecule has 0 saturated carbocycles. The second-order valence-corrected chi connectivity index (χ2v) is 6.83. The van der Waals surface area contributed by atoms with Crippen LogP contribution < -0.4 is 4.57 Å². The predicted octanol–water partition coefficient (Wildman–Crippen LogP) is 5.82. The third-order valence-corrected chi connectivity index (χ3v) is 5.19. The van der Waals surface area contributed by atoms with Crippen molar-refractivity contribution in [3.8, 4) is 11.3 Å². The highest BCUT2D eigenvalue weighted by Crippen LogP contribution is 2.39. The lowest BCUT2D eigenvalue weighted by atomic mass is 9.99. The number of para-hydroxylation sites is 1. The van der Waals surface area contributed by atoms with Crippen LogP contribution in [0.2, 0.25) is 0 Å². The highest BCUT2D eigenvalue weighted by Gasteiger charge is 2.24. The van der Waals surface area contributed by atoms with Gasteiger partial charge in [-0.1, -0.05) is 12.1 Å². The molecule has 0 amide bonds. The van der Waals surface area contributed by atoms with Crippen molar-refractivity contribution in [2.24, 2.45) is 7.05 Å². The average Bonchev–Trinajstić information content (AvgIpc) is 3.02. The summed E-state index contributed by atoms with van der Waals surface area (Å²) in [6.45, 7) is 1.86. The molecule has 0 N–H and O–H groups in total. The zero-order valence-corrected chi connectivity index (χ0v) is 14.9. The van der Waals surface area contributed by atoms with Crippen molar-refractivity contribution in [1.29, 1.82) is 0 Å². The number of halogens is 2. The van der Waals surface area contributed by atoms with E-state index in [4.69, 9.17) is 4.42 Å². The Hall–Kier alpha value is -3.27. The summed E-state index contributed by atoms with van der Waals surface area (Å²) in [7, 11) is 1.98. The molecular formula is C23H16F2NO+. The van der Waals surface area contributed by atoms with Crippen LogP contribution in [-0.4, -0.2) is 0 Å². The fourth-order valence-corrected chi connectivity index (χ4v) is 3.91. The minimum atomic E-state index is -0.406. The predicted molar refractivity (Wildman–Crippen MR) is 102 cm³/mol. The Kier molecular flexibility index (Phi) is 3.31. The molecule has 0 aliphatic carbocycles. The summed E-state index contributed by atoms with van der Waals surface area (Å²) in [4.78, 5) is 0. The Morgan fingerprint density at radius 1 is 0.926 bits per heavy atom. The number of furan rings is 1. The van der Waals surface area contributed by atoms with Gasteiger partial charge in [0.25, 0.3) is 0 Å². The second-order valence-electron chi connectivity index (χ2n) is 6.83. The zero-order valence-electron chi connectivity index (χ0n) is 14.9. The first-order valence-corrected chi connectivity index (χ1v) is 8.73. The number of rotatable bonds is 1. The number of aromatic nitrogens is 1. The van der Waals surface area contributed by atoms with E-state index in [-0.39, 0.29) is 5.82 Å². The molecule has 0 aliphatic rings. The molecule has 2 aromatic heterocycles. The summed E-state index contributed by atoms with van der Waals surface area (Å²) >= 11 is 0. The van der Waals surface area contributed by atoms with Gasteiger partial charge in [-0.05, 0) is 42.8 Å². The normalized spacial score (nSPS) is 11.7. The third-order valence-electron chi connectivity index (χ3n) is 5.19. The lowest BCUT2D eigenvalue weighted by molar-refractivity contribution is -0.633. The van der Waals surface area contributed by atoms with Gasteiger partial charge >= 0.3 is 0 Å². The van der Waals surface area contributed by atoms with Crippen LogP contribution in [0.15, 0.2) is 65.1 Å². The van der Waals surface area contributed by atoms with Crippen LogP contribution in [0.3, 0.4) is 0 Å². The van der Waals surface area contributed by atoms with Crippen molar-refractivity contribution >= 4 is 32.8 Å². The number of fused-ring (bicyclic) bond motifs is 4. The Balaban J connectivity index is 1.94. The number of nitrogens with zero attached hydrogens (tertiary/aromatic N) is 1. The van der Waals surface area contributed by atoms with Crippen LogP contribution in [0.5, 0.6) is 0 Å². The molecule has 3 aromatic carbocycles. The van der Waals surface area contributed by atoms with E-state index in [1.165, 1.54) is 18.2 Å². The van der Waals surface area contributed by atoms with Crippen molar-refractivity contribution in [1.82, 2.24) is 0 Å². The van der Waals surface area contributed by atoms with Gasteiger partial charge in [-0.15, -0.1) is 0 Å². The monoisotopic (exact) mass is 360 g/mol. The molecule has 5 rings (SSSR count). The summed E-state index contributed by atoms with van der Waals surface area (Å²) in [5.41, 5.74) is 4.35. The topological polar surface area (TPSA) is 17.0 Å². The Morgan fingerprint density at radius 2 is 1.74 bits per heavy atom. The molecule has 0 fully saturated rings. The third kappa shape index (κ3) is 2.26. The highest BCUT2D eigenvalue weighted by atomic mass is 19.1. The lowest BCUT2D eigenvalue weighted by Gasteiger charge is -2.08. The van der Waals surface area contributed by atoms with Crippen LogP contribution in [0, 0.1) is 18.6 Å². The highest BCUT2D eigenvalue weighted by molar-refractivity contribution is 6.10. The molecule has 0 spiro atoms. The molecule has 2 nitrogen and oxygen atoms in total. The van der Waals surface area contributed by atoms with Gasteiger partial charge in [0.2, 0.25) is 11.2 Å². The summed E-state index contributed by atoms with van der Waals surface area (Å²) in [5.74, 6) is -0.767. The Labute approximate surface area is 154 Å². The van der Waals surface area contributed by atoms with Crippen LogP contribution >= 0.6 is 0 Å². The zero-order chi connectivity index (χ0) is 18.7. The first-order chi connectivity index (χ1) is 13.0. The molecule has 132 valence electrons. The van der Waals surface area contributed by atoms with E-state index >= 15 is 0 Å². The summed E-state index contributed by atoms with van der Waals surface area (Å²) in [6.07, 6.45) is 0. The summed E-state index contributed by atoms with van der Waals surface area (Å²) in [6, 6.07) is 17.8. The van der Waals surface area contributed by atoms with Crippen LogP contribution in [0.1, 0.15) is 5.56 Å². The van der Waals surface area contributed by atoms with Gasteiger partial charge in [0.15, 0.2) is 5.58 Å². The average molecular weight is 360 g/mol. The molecule has 2 heterocycles. The maximum absolute atomic E-state index is 14.8. The maximum Gasteiger partial charge on any atom is 0.216 e. The molecule has 0 saturated heterocycles. The van der Waals surface area contributed by atoms with Gasteiger partial charge in [-0.3, -0.25) is 0 Å². The van der Waals surface area contributed by atoms with Crippen molar-refractivity contribution < 1.29 is 17.8 Å². The van der Waals surface area contributed by atoms with Gasteiger partial charge in [0, 0.05) is 29.0 Å². The first-order valence-electron chi connectivity index (χ1n) is 8.73. The molecule has 0 aliphatic heterocycles. The van der Waals surface area contributed by atoms with Gasteiger partial charge in [-0.2, -0.15) is 4.57 Å². The number of hydrogen-bond acceptors (Lipinski definition) is 1. The number of hydrogen-bond donors (Lipinski definition) is 0. The fourth-order valence-electron chi connectivity index (χ4n) is 3.91. The molecule has 4 heteroatoms. The van der Waals surface area contributed by atoms with E-state index < -0.39 is 5.82 Å². The minimum absolute atomic E-state index is 0.346. The van der Waals surface area contributed by atoms with Crippen molar-refractivity contribution in [2.75, 3.05) is 0 Å². The maximum atomic E-state index is 14.8. The summed E-state index contributed by atoms with van der Waals surface area (Å²) in [5, 5.41) is 2.08. The lowest BCUT2D eigenvalue weighted by Crippen LogP contribution is -2.32. The molecule has 0 bridgehead atoms. The van der Waals surface area contributed by atoms with Gasteiger partial charge in [0.1, 0.15) is 24.3 Å². The van der Waals surface area contributed by atoms with E-state index in [2.05, 4.69) is 10.6 Å². The van der Waals surface area contributed by atoms with Crippen LogP contribution in [0.25, 0.3) is 44.1 Å². The molecule has 0 unspecified atom stereocenters. The molecule has 0 radical (unpaired) electrons. The molecule has 5 aromatic rings. The smallest absolute Gasteiger partial charge is 0.216 e. The van der Waals surface area contributed by atoms with Crippen molar-refractivity contribution in [3.63, 3.8) is 0 Å². The van der Waals surface area contributed by atoms with Crippen LogP contribution in [0.4, 0.5) is 8.78 Å². The quantitative estimate of drug-likeness (QED) is 0.344. The van der Waals surface area contributed by atoms with Gasteiger partial charge < -0.3 is 4.42 Å². The first kappa shape index (κ1) is 15.9. The second kappa shape index (κ2) is 5.61. The molecule has 27 heavy (non-hydrogen) atoms. The van der Waals surface area contributed by atoms with Crippen molar-refractivity contribution in [2.45, 2.75) is 6.92 Å². The largest absolute Gasteiger partial charge is 0.455 e. The van der Waals surface area contributed by atoms with Gasteiger partial charge in [0.05, 0.1) is 10.9 Å². The standard InChI is InChI=1S/C23H16F2NO/c1-13-11-17(25)22-16-9-8-15(24)12-20(16)27-23(22)21(13)19-10-7-14-5-3-4-6-18(14)26(19)2/h3-12H,1-2H3/q+1. The SMILES string of the molecule is Cc1cc(F)c2c(oc3cc(F)ccc32)c1-c1ccc2ccccc2[n+]1C.